The standard InChI is InChI=1S/C21H18N4O2/c1-12-7-8-18-14(9-12)10-16(13(2)23-18)20(26)24-25-21(27)17-11-22-19-6-4-3-5-15(17)19/h3-11,22H,1-2H3,(H,24,26)(H,25,27). The topological polar surface area (TPSA) is 86.9 Å². The largest absolute Gasteiger partial charge is 0.360 e. The number of nitrogens with zero attached hydrogens (tertiary/aromatic N) is 1. The fourth-order valence-corrected chi connectivity index (χ4v) is 3.13. The number of nitrogens with one attached hydrogen (secondary N) is 3. The summed E-state index contributed by atoms with van der Waals surface area (Å²) in [6, 6.07) is 15.2. The zero-order chi connectivity index (χ0) is 19.0. The van der Waals surface area contributed by atoms with Crippen molar-refractivity contribution in [3.63, 3.8) is 0 Å². The number of para-hydroxylation sites is 1. The normalized spacial score (nSPS) is 10.9. The summed E-state index contributed by atoms with van der Waals surface area (Å²) in [6.45, 7) is 3.76. The lowest BCUT2D eigenvalue weighted by Crippen LogP contribution is -2.41. The summed E-state index contributed by atoms with van der Waals surface area (Å²) in [4.78, 5) is 32.5. The molecular weight excluding hydrogens is 340 g/mol. The van der Waals surface area contributed by atoms with Crippen LogP contribution in [-0.2, 0) is 0 Å². The number of rotatable bonds is 2. The Hall–Kier alpha value is -3.67. The van der Waals surface area contributed by atoms with Gasteiger partial charge in [0.1, 0.15) is 0 Å². The van der Waals surface area contributed by atoms with Gasteiger partial charge >= 0.3 is 0 Å². The number of aromatic nitrogens is 2. The number of H-pyrrole nitrogens is 1. The molecule has 0 unspecified atom stereocenters. The Labute approximate surface area is 155 Å². The average molecular weight is 358 g/mol. The molecule has 0 saturated heterocycles. The number of fused-ring (bicyclic) bond motifs is 2. The molecule has 0 bridgehead atoms. The smallest absolute Gasteiger partial charge is 0.271 e. The molecule has 0 aliphatic rings. The molecule has 27 heavy (non-hydrogen) atoms. The molecule has 134 valence electrons. The van der Waals surface area contributed by atoms with E-state index in [1.54, 1.807) is 19.2 Å². The van der Waals surface area contributed by atoms with Crippen LogP contribution in [-0.4, -0.2) is 21.8 Å². The quantitative estimate of drug-likeness (QED) is 0.480. The SMILES string of the molecule is Cc1ccc2nc(C)c(C(=O)NNC(=O)c3c[nH]c4ccccc34)cc2c1. The third-order valence-electron chi connectivity index (χ3n) is 4.53. The van der Waals surface area contributed by atoms with Crippen LogP contribution in [0.4, 0.5) is 0 Å². The summed E-state index contributed by atoms with van der Waals surface area (Å²) in [6.07, 6.45) is 1.62. The van der Waals surface area contributed by atoms with Crippen molar-refractivity contribution in [1.82, 2.24) is 20.8 Å². The van der Waals surface area contributed by atoms with E-state index in [2.05, 4.69) is 20.8 Å². The Kier molecular flexibility index (Phi) is 4.08. The number of pyridine rings is 1. The first-order chi connectivity index (χ1) is 13.0. The predicted octanol–water partition coefficient (Wildman–Crippen LogP) is 3.41. The zero-order valence-electron chi connectivity index (χ0n) is 15.0. The van der Waals surface area contributed by atoms with Gasteiger partial charge < -0.3 is 4.98 Å². The first kappa shape index (κ1) is 16.8. The van der Waals surface area contributed by atoms with Gasteiger partial charge in [0.25, 0.3) is 11.8 Å². The summed E-state index contributed by atoms with van der Waals surface area (Å²) in [5.41, 5.74) is 9.23. The Morgan fingerprint density at radius 3 is 2.48 bits per heavy atom. The lowest BCUT2D eigenvalue weighted by molar-refractivity contribution is 0.0847. The molecule has 2 amide bonds. The monoisotopic (exact) mass is 358 g/mol. The van der Waals surface area contributed by atoms with Crippen LogP contribution in [0.5, 0.6) is 0 Å². The summed E-state index contributed by atoms with van der Waals surface area (Å²) >= 11 is 0. The maximum atomic E-state index is 12.6. The number of benzene rings is 2. The fourth-order valence-electron chi connectivity index (χ4n) is 3.13. The fraction of sp³-hybridized carbons (Fsp3) is 0.0952. The van der Waals surface area contributed by atoms with Crippen molar-refractivity contribution in [2.24, 2.45) is 0 Å². The first-order valence-corrected chi connectivity index (χ1v) is 8.58. The van der Waals surface area contributed by atoms with E-state index in [9.17, 15) is 9.59 Å². The van der Waals surface area contributed by atoms with Crippen molar-refractivity contribution in [1.29, 1.82) is 0 Å². The molecule has 0 atom stereocenters. The summed E-state index contributed by atoms with van der Waals surface area (Å²) < 4.78 is 0. The van der Waals surface area contributed by atoms with Crippen LogP contribution in [0.1, 0.15) is 32.0 Å². The van der Waals surface area contributed by atoms with Crippen molar-refractivity contribution in [2.45, 2.75) is 13.8 Å². The van der Waals surface area contributed by atoms with Crippen molar-refractivity contribution < 1.29 is 9.59 Å². The summed E-state index contributed by atoms with van der Waals surface area (Å²) in [5.74, 6) is -0.792. The Morgan fingerprint density at radius 1 is 0.926 bits per heavy atom. The highest BCUT2D eigenvalue weighted by atomic mass is 16.2. The second-order valence-electron chi connectivity index (χ2n) is 6.47. The van der Waals surface area contributed by atoms with Gasteiger partial charge in [0.2, 0.25) is 0 Å². The van der Waals surface area contributed by atoms with Crippen LogP contribution in [0.2, 0.25) is 0 Å². The zero-order valence-corrected chi connectivity index (χ0v) is 15.0. The molecule has 0 aliphatic carbocycles. The number of hydrogen-bond donors (Lipinski definition) is 3. The minimum absolute atomic E-state index is 0.386. The second-order valence-corrected chi connectivity index (χ2v) is 6.47. The highest BCUT2D eigenvalue weighted by Gasteiger charge is 2.15. The number of amides is 2. The average Bonchev–Trinajstić information content (AvgIpc) is 3.10. The molecule has 2 aromatic carbocycles. The number of hydrazine groups is 1. The molecule has 3 N–H and O–H groups in total. The van der Waals surface area contributed by atoms with Gasteiger partial charge in [-0.25, -0.2) is 0 Å². The number of carbonyl (C=O) groups excluding carboxylic acids is 2. The Bertz CT molecular complexity index is 1190. The lowest BCUT2D eigenvalue weighted by atomic mass is 10.1. The van der Waals surface area contributed by atoms with Crippen LogP contribution in [0, 0.1) is 13.8 Å². The Balaban J connectivity index is 1.55. The molecule has 0 radical (unpaired) electrons. The molecule has 4 rings (SSSR count). The van der Waals surface area contributed by atoms with Gasteiger partial charge in [0, 0.05) is 22.5 Å². The second kappa shape index (κ2) is 6.57. The van der Waals surface area contributed by atoms with Gasteiger partial charge in [-0.3, -0.25) is 25.4 Å². The summed E-state index contributed by atoms with van der Waals surface area (Å²) in [5, 5.41) is 1.68. The van der Waals surface area contributed by atoms with E-state index in [0.717, 1.165) is 27.4 Å². The number of aryl methyl sites for hydroxylation is 2. The van der Waals surface area contributed by atoms with Gasteiger partial charge in [0.05, 0.1) is 22.3 Å². The Morgan fingerprint density at radius 2 is 1.67 bits per heavy atom. The van der Waals surface area contributed by atoms with Crippen LogP contribution >= 0.6 is 0 Å². The molecule has 0 saturated carbocycles. The molecule has 6 heteroatoms. The van der Waals surface area contributed by atoms with Gasteiger partial charge in [-0.05, 0) is 38.1 Å². The molecule has 2 aromatic heterocycles. The highest BCUT2D eigenvalue weighted by molar-refractivity contribution is 6.08. The van der Waals surface area contributed by atoms with Crippen LogP contribution in [0.25, 0.3) is 21.8 Å². The predicted molar refractivity (Wildman–Crippen MR) is 104 cm³/mol. The van der Waals surface area contributed by atoms with E-state index >= 15 is 0 Å². The number of carbonyl (C=O) groups is 2. The maximum Gasteiger partial charge on any atom is 0.271 e. The minimum atomic E-state index is -0.406. The van der Waals surface area contributed by atoms with Gasteiger partial charge in [-0.2, -0.15) is 0 Å². The molecule has 2 heterocycles. The van der Waals surface area contributed by atoms with E-state index in [0.29, 0.717) is 16.8 Å². The highest BCUT2D eigenvalue weighted by Crippen LogP contribution is 2.19. The van der Waals surface area contributed by atoms with Crippen molar-refractivity contribution in [3.8, 4) is 0 Å². The molecule has 4 aromatic rings. The number of aromatic amines is 1. The van der Waals surface area contributed by atoms with Gasteiger partial charge in [-0.1, -0.05) is 29.8 Å². The molecule has 6 nitrogen and oxygen atoms in total. The van der Waals surface area contributed by atoms with Gasteiger partial charge in [-0.15, -0.1) is 0 Å². The van der Waals surface area contributed by atoms with E-state index in [1.165, 1.54) is 0 Å². The van der Waals surface area contributed by atoms with Crippen LogP contribution < -0.4 is 10.9 Å². The molecular formula is C21H18N4O2. The molecule has 0 fully saturated rings. The van der Waals surface area contributed by atoms with E-state index in [1.807, 2.05) is 49.4 Å². The van der Waals surface area contributed by atoms with E-state index < -0.39 is 5.91 Å². The van der Waals surface area contributed by atoms with Crippen molar-refractivity contribution in [3.05, 3.63) is 77.1 Å². The first-order valence-electron chi connectivity index (χ1n) is 8.58. The van der Waals surface area contributed by atoms with Crippen LogP contribution in [0.3, 0.4) is 0 Å². The number of hydrogen-bond acceptors (Lipinski definition) is 3. The third-order valence-corrected chi connectivity index (χ3v) is 4.53. The van der Waals surface area contributed by atoms with Crippen molar-refractivity contribution >= 4 is 33.6 Å². The van der Waals surface area contributed by atoms with E-state index in [-0.39, 0.29) is 5.91 Å². The van der Waals surface area contributed by atoms with E-state index in [4.69, 9.17) is 0 Å². The third kappa shape index (κ3) is 3.13. The summed E-state index contributed by atoms with van der Waals surface area (Å²) in [7, 11) is 0. The molecule has 0 aliphatic heterocycles. The lowest BCUT2D eigenvalue weighted by Gasteiger charge is -2.10. The minimum Gasteiger partial charge on any atom is -0.360 e. The van der Waals surface area contributed by atoms with Crippen LogP contribution in [0.15, 0.2) is 54.7 Å². The van der Waals surface area contributed by atoms with Crippen molar-refractivity contribution in [2.75, 3.05) is 0 Å². The maximum absolute atomic E-state index is 12.6. The van der Waals surface area contributed by atoms with Gasteiger partial charge in [0.15, 0.2) is 0 Å². The molecule has 0 spiro atoms.